The summed E-state index contributed by atoms with van der Waals surface area (Å²) in [5, 5.41) is 4.64. The molecule has 1 aliphatic heterocycles. The molecule has 1 fully saturated rings. The summed E-state index contributed by atoms with van der Waals surface area (Å²) in [5.41, 5.74) is 1.07. The molecule has 0 bridgehead atoms. The zero-order valence-corrected chi connectivity index (χ0v) is 15.2. The van der Waals surface area contributed by atoms with Crippen molar-refractivity contribution in [3.05, 3.63) is 46.1 Å². The number of rotatable bonds is 5. The second kappa shape index (κ2) is 8.54. The van der Waals surface area contributed by atoms with Crippen LogP contribution in [0.15, 0.2) is 30.5 Å². The lowest BCUT2D eigenvalue weighted by Gasteiger charge is -2.21. The van der Waals surface area contributed by atoms with Crippen LogP contribution in [0.1, 0.15) is 31.2 Å². The molecule has 1 aliphatic rings. The Morgan fingerprint density at radius 1 is 1.04 bits per heavy atom. The molecule has 1 saturated heterocycles. The van der Waals surface area contributed by atoms with Crippen molar-refractivity contribution < 1.29 is 0 Å². The summed E-state index contributed by atoms with van der Waals surface area (Å²) in [6, 6.07) is 7.58. The van der Waals surface area contributed by atoms with E-state index in [0.29, 0.717) is 16.0 Å². The second-order valence-corrected chi connectivity index (χ2v) is 6.90. The minimum absolute atomic E-state index is 0.658. The molecule has 24 heavy (non-hydrogen) atoms. The lowest BCUT2D eigenvalue weighted by atomic mass is 10.1. The van der Waals surface area contributed by atoms with Crippen molar-refractivity contribution in [3.8, 4) is 0 Å². The maximum Gasteiger partial charge on any atom is 0.224 e. The summed E-state index contributed by atoms with van der Waals surface area (Å²) in [6.45, 7) is 2.89. The summed E-state index contributed by atoms with van der Waals surface area (Å²) in [5.74, 6) is 1.68. The van der Waals surface area contributed by atoms with Crippen LogP contribution in [0.5, 0.6) is 0 Å². The lowest BCUT2D eigenvalue weighted by molar-refractivity contribution is 0.726. The van der Waals surface area contributed by atoms with Gasteiger partial charge in [0.25, 0.3) is 0 Å². The highest BCUT2D eigenvalue weighted by molar-refractivity contribution is 6.35. The Bertz CT molecular complexity index is 670. The smallest absolute Gasteiger partial charge is 0.224 e. The molecule has 0 unspecified atom stereocenters. The maximum absolute atomic E-state index is 6.20. The van der Waals surface area contributed by atoms with Crippen molar-refractivity contribution in [1.82, 2.24) is 9.97 Å². The average molecular weight is 365 g/mol. The van der Waals surface area contributed by atoms with Gasteiger partial charge in [-0.3, -0.25) is 0 Å². The minimum Gasteiger partial charge on any atom is -0.356 e. The van der Waals surface area contributed by atoms with E-state index in [4.69, 9.17) is 23.2 Å². The van der Waals surface area contributed by atoms with Crippen molar-refractivity contribution in [2.75, 3.05) is 29.9 Å². The number of hydrogen-bond donors (Lipinski definition) is 1. The topological polar surface area (TPSA) is 41.1 Å². The Morgan fingerprint density at radius 2 is 1.83 bits per heavy atom. The maximum atomic E-state index is 6.20. The van der Waals surface area contributed by atoms with Gasteiger partial charge in [0.2, 0.25) is 5.95 Å². The van der Waals surface area contributed by atoms with Crippen molar-refractivity contribution >= 4 is 35.0 Å². The first-order chi connectivity index (χ1) is 11.7. The Balaban J connectivity index is 1.58. The molecule has 0 aliphatic carbocycles. The molecule has 0 amide bonds. The van der Waals surface area contributed by atoms with Crippen LogP contribution >= 0.6 is 23.2 Å². The lowest BCUT2D eigenvalue weighted by Crippen LogP contribution is -2.25. The van der Waals surface area contributed by atoms with Gasteiger partial charge >= 0.3 is 0 Å². The number of nitrogens with zero attached hydrogens (tertiary/aromatic N) is 3. The van der Waals surface area contributed by atoms with E-state index in [-0.39, 0.29) is 0 Å². The van der Waals surface area contributed by atoms with Gasteiger partial charge in [-0.1, -0.05) is 42.1 Å². The summed E-state index contributed by atoms with van der Waals surface area (Å²) in [6.07, 6.45) is 7.73. The first-order valence-electron chi connectivity index (χ1n) is 8.48. The van der Waals surface area contributed by atoms with E-state index in [0.717, 1.165) is 37.4 Å². The highest BCUT2D eigenvalue weighted by atomic mass is 35.5. The SMILES string of the molecule is Clc1ccc(CCNc2nccc(N3CCCCCC3)n2)c(Cl)c1. The van der Waals surface area contributed by atoms with E-state index in [1.807, 2.05) is 24.4 Å². The third kappa shape index (κ3) is 4.74. The van der Waals surface area contributed by atoms with Crippen LogP contribution in [-0.2, 0) is 6.42 Å². The van der Waals surface area contributed by atoms with Crippen LogP contribution in [0.2, 0.25) is 10.0 Å². The molecular formula is C18H22Cl2N4. The van der Waals surface area contributed by atoms with Crippen molar-refractivity contribution in [3.63, 3.8) is 0 Å². The predicted octanol–water partition coefficient (Wildman–Crippen LogP) is 4.82. The van der Waals surface area contributed by atoms with Gasteiger partial charge in [0, 0.05) is 35.9 Å². The van der Waals surface area contributed by atoms with E-state index in [9.17, 15) is 0 Å². The molecule has 3 rings (SSSR count). The molecule has 0 radical (unpaired) electrons. The van der Waals surface area contributed by atoms with Crippen LogP contribution in [0.4, 0.5) is 11.8 Å². The third-order valence-corrected chi connectivity index (χ3v) is 4.85. The Labute approximate surface area is 153 Å². The van der Waals surface area contributed by atoms with Gasteiger partial charge in [-0.2, -0.15) is 4.98 Å². The molecule has 0 atom stereocenters. The zero-order valence-electron chi connectivity index (χ0n) is 13.6. The van der Waals surface area contributed by atoms with E-state index in [1.165, 1.54) is 25.7 Å². The van der Waals surface area contributed by atoms with Crippen LogP contribution in [0.25, 0.3) is 0 Å². The fourth-order valence-electron chi connectivity index (χ4n) is 2.94. The molecule has 1 N–H and O–H groups in total. The number of hydrogen-bond acceptors (Lipinski definition) is 4. The largest absolute Gasteiger partial charge is 0.356 e. The third-order valence-electron chi connectivity index (χ3n) is 4.26. The molecule has 0 saturated carbocycles. The van der Waals surface area contributed by atoms with E-state index in [1.54, 1.807) is 6.07 Å². The summed E-state index contributed by atoms with van der Waals surface area (Å²) >= 11 is 12.1. The Kier molecular flexibility index (Phi) is 6.16. The Morgan fingerprint density at radius 3 is 2.58 bits per heavy atom. The van der Waals surface area contributed by atoms with Crippen molar-refractivity contribution in [1.29, 1.82) is 0 Å². The van der Waals surface area contributed by atoms with Gasteiger partial charge in [0.15, 0.2) is 0 Å². The van der Waals surface area contributed by atoms with E-state index >= 15 is 0 Å². The van der Waals surface area contributed by atoms with Gasteiger partial charge in [-0.25, -0.2) is 4.98 Å². The van der Waals surface area contributed by atoms with Crippen LogP contribution in [-0.4, -0.2) is 29.6 Å². The molecule has 1 aromatic heterocycles. The Hall–Kier alpha value is -1.52. The van der Waals surface area contributed by atoms with Crippen LogP contribution < -0.4 is 10.2 Å². The molecule has 0 spiro atoms. The second-order valence-electron chi connectivity index (χ2n) is 6.05. The summed E-state index contributed by atoms with van der Waals surface area (Å²) in [7, 11) is 0. The molecule has 2 aromatic rings. The first kappa shape index (κ1) is 17.3. The van der Waals surface area contributed by atoms with Gasteiger partial charge < -0.3 is 10.2 Å². The predicted molar refractivity (Wildman–Crippen MR) is 101 cm³/mol. The number of anilines is 2. The quantitative estimate of drug-likeness (QED) is 0.825. The molecule has 4 nitrogen and oxygen atoms in total. The first-order valence-corrected chi connectivity index (χ1v) is 9.24. The molecule has 2 heterocycles. The summed E-state index contributed by atoms with van der Waals surface area (Å²) < 4.78 is 0. The number of aromatic nitrogens is 2. The fourth-order valence-corrected chi connectivity index (χ4v) is 3.45. The van der Waals surface area contributed by atoms with Gasteiger partial charge in [0.05, 0.1) is 0 Å². The number of halogens is 2. The molecule has 6 heteroatoms. The van der Waals surface area contributed by atoms with Crippen molar-refractivity contribution in [2.24, 2.45) is 0 Å². The normalized spacial score (nSPS) is 15.2. The number of nitrogens with one attached hydrogen (secondary N) is 1. The standard InChI is InChI=1S/C18H22Cl2N4/c19-15-6-5-14(16(20)13-15)7-9-21-18-22-10-8-17(23-18)24-11-3-1-2-4-12-24/h5-6,8,10,13H,1-4,7,9,11-12H2,(H,21,22,23). The minimum atomic E-state index is 0.658. The monoisotopic (exact) mass is 364 g/mol. The average Bonchev–Trinajstić information content (AvgIpc) is 2.86. The van der Waals surface area contributed by atoms with E-state index < -0.39 is 0 Å². The zero-order chi connectivity index (χ0) is 16.8. The van der Waals surface area contributed by atoms with Gasteiger partial charge in [-0.15, -0.1) is 0 Å². The molecular weight excluding hydrogens is 343 g/mol. The van der Waals surface area contributed by atoms with Crippen LogP contribution in [0.3, 0.4) is 0 Å². The fraction of sp³-hybridized carbons (Fsp3) is 0.444. The van der Waals surface area contributed by atoms with E-state index in [2.05, 4.69) is 20.2 Å². The molecule has 128 valence electrons. The van der Waals surface area contributed by atoms with Crippen LogP contribution in [0, 0.1) is 0 Å². The van der Waals surface area contributed by atoms with Crippen molar-refractivity contribution in [2.45, 2.75) is 32.1 Å². The number of benzene rings is 1. The van der Waals surface area contributed by atoms with Gasteiger partial charge in [0.1, 0.15) is 5.82 Å². The highest BCUT2D eigenvalue weighted by Crippen LogP contribution is 2.21. The molecule has 1 aromatic carbocycles. The highest BCUT2D eigenvalue weighted by Gasteiger charge is 2.11. The summed E-state index contributed by atoms with van der Waals surface area (Å²) in [4.78, 5) is 11.3. The van der Waals surface area contributed by atoms with Gasteiger partial charge in [-0.05, 0) is 43.0 Å².